The van der Waals surface area contributed by atoms with E-state index in [9.17, 15) is 21.6 Å². The molecule has 8 nitrogen and oxygen atoms in total. The lowest BCUT2D eigenvalue weighted by atomic mass is 10.2. The van der Waals surface area contributed by atoms with Gasteiger partial charge in [-0.1, -0.05) is 18.2 Å². The zero-order chi connectivity index (χ0) is 19.4. The smallest absolute Gasteiger partial charge is 0.251 e. The van der Waals surface area contributed by atoms with Gasteiger partial charge < -0.3 is 5.32 Å². The van der Waals surface area contributed by atoms with Crippen LogP contribution in [0.4, 0.5) is 5.69 Å². The second kappa shape index (κ2) is 7.85. The van der Waals surface area contributed by atoms with E-state index in [1.165, 1.54) is 31.3 Å². The third kappa shape index (κ3) is 5.55. The van der Waals surface area contributed by atoms with Crippen LogP contribution >= 0.6 is 0 Å². The van der Waals surface area contributed by atoms with Crippen LogP contribution in [-0.2, 0) is 26.6 Å². The van der Waals surface area contributed by atoms with Crippen LogP contribution < -0.4 is 14.8 Å². The van der Waals surface area contributed by atoms with E-state index in [1.54, 1.807) is 24.3 Å². The molecule has 26 heavy (non-hydrogen) atoms. The molecule has 3 N–H and O–H groups in total. The fourth-order valence-corrected chi connectivity index (χ4v) is 3.50. The van der Waals surface area contributed by atoms with Gasteiger partial charge in [0.2, 0.25) is 20.0 Å². The molecule has 0 saturated carbocycles. The minimum absolute atomic E-state index is 0.00741. The third-order valence-corrected chi connectivity index (χ3v) is 5.38. The summed E-state index contributed by atoms with van der Waals surface area (Å²) in [4.78, 5) is 12.3. The number of amides is 1. The Morgan fingerprint density at radius 2 is 1.69 bits per heavy atom. The standard InChI is InChI=1S/C16H19N3O5S2/c1-17-26(23,24)15-8-4-6-13(10-15)16(20)18-11-12-5-3-7-14(9-12)19-25(2,21)22/h3-10,17,19H,11H2,1-2H3,(H,18,20). The van der Waals surface area contributed by atoms with Crippen molar-refractivity contribution in [2.24, 2.45) is 0 Å². The van der Waals surface area contributed by atoms with Crippen LogP contribution in [0, 0.1) is 0 Å². The summed E-state index contributed by atoms with van der Waals surface area (Å²) in [6.45, 7) is 0.154. The van der Waals surface area contributed by atoms with Gasteiger partial charge in [0.1, 0.15) is 0 Å². The van der Waals surface area contributed by atoms with Crippen molar-refractivity contribution >= 4 is 31.6 Å². The maximum absolute atomic E-state index is 12.3. The molecule has 0 saturated heterocycles. The highest BCUT2D eigenvalue weighted by Gasteiger charge is 2.14. The van der Waals surface area contributed by atoms with E-state index in [1.807, 2.05) is 0 Å². The highest BCUT2D eigenvalue weighted by Crippen LogP contribution is 2.13. The van der Waals surface area contributed by atoms with Crippen molar-refractivity contribution in [3.8, 4) is 0 Å². The van der Waals surface area contributed by atoms with E-state index in [0.29, 0.717) is 11.3 Å². The van der Waals surface area contributed by atoms with Crippen molar-refractivity contribution in [3.05, 3.63) is 59.7 Å². The zero-order valence-corrected chi connectivity index (χ0v) is 15.8. The van der Waals surface area contributed by atoms with E-state index in [4.69, 9.17) is 0 Å². The lowest BCUT2D eigenvalue weighted by Gasteiger charge is -2.09. The number of hydrogen-bond acceptors (Lipinski definition) is 5. The zero-order valence-electron chi connectivity index (χ0n) is 14.2. The quantitative estimate of drug-likeness (QED) is 0.641. The molecule has 0 atom stereocenters. The van der Waals surface area contributed by atoms with E-state index in [0.717, 1.165) is 6.26 Å². The Kier molecular flexibility index (Phi) is 6.01. The Bertz CT molecular complexity index is 1020. The number of nitrogens with one attached hydrogen (secondary N) is 3. The summed E-state index contributed by atoms with van der Waals surface area (Å²) in [6.07, 6.45) is 1.05. The van der Waals surface area contributed by atoms with Gasteiger partial charge in [0.15, 0.2) is 0 Å². The molecule has 0 aliphatic heterocycles. The van der Waals surface area contributed by atoms with Crippen LogP contribution in [-0.4, -0.2) is 36.0 Å². The Morgan fingerprint density at radius 1 is 1.00 bits per heavy atom. The summed E-state index contributed by atoms with van der Waals surface area (Å²) in [6, 6.07) is 12.2. The third-order valence-electron chi connectivity index (χ3n) is 3.36. The molecular formula is C16H19N3O5S2. The Morgan fingerprint density at radius 3 is 2.35 bits per heavy atom. The molecule has 2 rings (SSSR count). The predicted octanol–water partition coefficient (Wildman–Crippen LogP) is 0.896. The van der Waals surface area contributed by atoms with Crippen LogP contribution in [0.2, 0.25) is 0 Å². The largest absolute Gasteiger partial charge is 0.348 e. The molecule has 1 amide bonds. The van der Waals surface area contributed by atoms with E-state index in [-0.39, 0.29) is 17.0 Å². The Labute approximate surface area is 152 Å². The van der Waals surface area contributed by atoms with Crippen molar-refractivity contribution < 1.29 is 21.6 Å². The van der Waals surface area contributed by atoms with Crippen LogP contribution in [0.15, 0.2) is 53.4 Å². The van der Waals surface area contributed by atoms with Crippen LogP contribution in [0.1, 0.15) is 15.9 Å². The number of carbonyl (C=O) groups is 1. The molecule has 0 heterocycles. The fraction of sp³-hybridized carbons (Fsp3) is 0.188. The van der Waals surface area contributed by atoms with Crippen LogP contribution in [0.5, 0.6) is 0 Å². The maximum atomic E-state index is 12.3. The van der Waals surface area contributed by atoms with Crippen molar-refractivity contribution in [3.63, 3.8) is 0 Å². The summed E-state index contributed by atoms with van der Waals surface area (Å²) in [5, 5.41) is 2.67. The van der Waals surface area contributed by atoms with E-state index < -0.39 is 26.0 Å². The number of rotatable bonds is 7. The summed E-state index contributed by atoms with van der Waals surface area (Å²) < 4.78 is 50.7. The molecule has 2 aromatic carbocycles. The predicted molar refractivity (Wildman–Crippen MR) is 98.8 cm³/mol. The number of sulfonamides is 2. The van der Waals surface area contributed by atoms with Gasteiger partial charge in [0.25, 0.3) is 5.91 Å². The number of anilines is 1. The van der Waals surface area contributed by atoms with Gasteiger partial charge in [-0.3, -0.25) is 9.52 Å². The SMILES string of the molecule is CNS(=O)(=O)c1cccc(C(=O)NCc2cccc(NS(C)(=O)=O)c2)c1. The molecule has 0 bridgehead atoms. The normalized spacial score (nSPS) is 11.8. The molecule has 0 unspecified atom stereocenters. The van der Waals surface area contributed by atoms with Crippen molar-refractivity contribution in [1.29, 1.82) is 0 Å². The highest BCUT2D eigenvalue weighted by atomic mass is 32.2. The summed E-state index contributed by atoms with van der Waals surface area (Å²) >= 11 is 0. The lowest BCUT2D eigenvalue weighted by molar-refractivity contribution is 0.0950. The van der Waals surface area contributed by atoms with Gasteiger partial charge in [0, 0.05) is 17.8 Å². The van der Waals surface area contributed by atoms with E-state index >= 15 is 0 Å². The second-order valence-corrected chi connectivity index (χ2v) is 9.13. The van der Waals surface area contributed by atoms with Gasteiger partial charge in [-0.25, -0.2) is 21.6 Å². The maximum Gasteiger partial charge on any atom is 0.251 e. The lowest BCUT2D eigenvalue weighted by Crippen LogP contribution is -2.24. The average Bonchev–Trinajstić information content (AvgIpc) is 2.58. The summed E-state index contributed by atoms with van der Waals surface area (Å²) in [5.41, 5.74) is 1.28. The first kappa shape index (κ1) is 19.9. The molecule has 0 radical (unpaired) electrons. The van der Waals surface area contributed by atoms with Gasteiger partial charge in [-0.2, -0.15) is 0 Å². The summed E-state index contributed by atoms with van der Waals surface area (Å²) in [5.74, 6) is -0.445. The molecule has 2 aromatic rings. The number of carbonyl (C=O) groups excluding carboxylic acids is 1. The fourth-order valence-electron chi connectivity index (χ4n) is 2.17. The topological polar surface area (TPSA) is 121 Å². The molecule has 0 fully saturated rings. The molecule has 140 valence electrons. The average molecular weight is 397 g/mol. The van der Waals surface area contributed by atoms with E-state index in [2.05, 4.69) is 14.8 Å². The Balaban J connectivity index is 2.10. The van der Waals surface area contributed by atoms with Crippen molar-refractivity contribution in [1.82, 2.24) is 10.0 Å². The monoisotopic (exact) mass is 397 g/mol. The van der Waals surface area contributed by atoms with Crippen LogP contribution in [0.25, 0.3) is 0 Å². The minimum Gasteiger partial charge on any atom is -0.348 e. The molecule has 10 heteroatoms. The van der Waals surface area contributed by atoms with Gasteiger partial charge >= 0.3 is 0 Å². The number of hydrogen-bond donors (Lipinski definition) is 3. The van der Waals surface area contributed by atoms with Crippen molar-refractivity contribution in [2.75, 3.05) is 18.0 Å². The highest BCUT2D eigenvalue weighted by molar-refractivity contribution is 7.92. The van der Waals surface area contributed by atoms with Crippen molar-refractivity contribution in [2.45, 2.75) is 11.4 Å². The first-order chi connectivity index (χ1) is 12.1. The Hall–Kier alpha value is -2.43. The number of benzene rings is 2. The molecule has 0 aliphatic carbocycles. The van der Waals surface area contributed by atoms with Gasteiger partial charge in [0.05, 0.1) is 11.2 Å². The van der Waals surface area contributed by atoms with Gasteiger partial charge in [-0.15, -0.1) is 0 Å². The minimum atomic E-state index is -3.64. The molecule has 0 spiro atoms. The first-order valence-corrected chi connectivity index (χ1v) is 10.9. The second-order valence-electron chi connectivity index (χ2n) is 5.49. The molecular weight excluding hydrogens is 378 g/mol. The van der Waals surface area contributed by atoms with Crippen LogP contribution in [0.3, 0.4) is 0 Å². The molecule has 0 aromatic heterocycles. The molecule has 0 aliphatic rings. The van der Waals surface area contributed by atoms with Gasteiger partial charge in [-0.05, 0) is 42.9 Å². The summed E-state index contributed by atoms with van der Waals surface area (Å²) in [7, 11) is -5.74. The first-order valence-electron chi connectivity index (χ1n) is 7.49.